The SMILES string of the molecule is NC(=O)c1cc(NC(=O)Nc2ccn(Cc3ccc(F)cc3)n2)ccc1OCc1cccc(Br)c1. The highest BCUT2D eigenvalue weighted by Crippen LogP contribution is 2.24. The zero-order valence-electron chi connectivity index (χ0n) is 18.4. The van der Waals surface area contributed by atoms with Crippen molar-refractivity contribution in [1.29, 1.82) is 0 Å². The van der Waals surface area contributed by atoms with Crippen LogP contribution in [0.4, 0.5) is 20.7 Å². The summed E-state index contributed by atoms with van der Waals surface area (Å²) >= 11 is 3.41. The molecule has 4 N–H and O–H groups in total. The molecule has 0 aliphatic rings. The fourth-order valence-corrected chi connectivity index (χ4v) is 3.73. The van der Waals surface area contributed by atoms with Gasteiger partial charge < -0.3 is 15.8 Å². The summed E-state index contributed by atoms with van der Waals surface area (Å²) in [6.45, 7) is 0.667. The number of hydrogen-bond donors (Lipinski definition) is 3. The first kappa shape index (κ1) is 24.0. The first-order valence-corrected chi connectivity index (χ1v) is 11.3. The quantitative estimate of drug-likeness (QED) is 0.288. The van der Waals surface area contributed by atoms with Crippen LogP contribution in [0.3, 0.4) is 0 Å². The van der Waals surface area contributed by atoms with E-state index in [0.29, 0.717) is 23.8 Å². The number of urea groups is 1. The van der Waals surface area contributed by atoms with Gasteiger partial charge in [0.2, 0.25) is 0 Å². The summed E-state index contributed by atoms with van der Waals surface area (Å²) in [5.41, 5.74) is 7.79. The molecule has 0 fully saturated rings. The lowest BCUT2D eigenvalue weighted by Gasteiger charge is -2.12. The average Bonchev–Trinajstić information content (AvgIpc) is 3.26. The fourth-order valence-electron chi connectivity index (χ4n) is 3.29. The Balaban J connectivity index is 1.37. The summed E-state index contributed by atoms with van der Waals surface area (Å²) in [7, 11) is 0. The van der Waals surface area contributed by atoms with E-state index in [1.54, 1.807) is 41.2 Å². The molecule has 1 heterocycles. The highest BCUT2D eigenvalue weighted by Gasteiger charge is 2.13. The largest absolute Gasteiger partial charge is 0.488 e. The Labute approximate surface area is 209 Å². The van der Waals surface area contributed by atoms with Crippen LogP contribution in [0.15, 0.2) is 83.5 Å². The summed E-state index contributed by atoms with van der Waals surface area (Å²) in [4.78, 5) is 24.4. The van der Waals surface area contributed by atoms with Gasteiger partial charge in [0.15, 0.2) is 5.82 Å². The third kappa shape index (κ3) is 6.67. The van der Waals surface area contributed by atoms with Crippen molar-refractivity contribution in [3.63, 3.8) is 0 Å². The molecule has 1 aromatic heterocycles. The molecule has 0 aliphatic carbocycles. The van der Waals surface area contributed by atoms with Gasteiger partial charge in [0.05, 0.1) is 12.1 Å². The van der Waals surface area contributed by atoms with Crippen molar-refractivity contribution in [2.24, 2.45) is 5.73 Å². The monoisotopic (exact) mass is 537 g/mol. The van der Waals surface area contributed by atoms with Gasteiger partial charge in [0.25, 0.3) is 5.91 Å². The number of ether oxygens (including phenoxy) is 1. The van der Waals surface area contributed by atoms with Crippen LogP contribution in [0.2, 0.25) is 0 Å². The van der Waals surface area contributed by atoms with Gasteiger partial charge >= 0.3 is 6.03 Å². The van der Waals surface area contributed by atoms with Crippen LogP contribution >= 0.6 is 15.9 Å². The lowest BCUT2D eigenvalue weighted by atomic mass is 10.1. The van der Waals surface area contributed by atoms with Crippen LogP contribution in [0.25, 0.3) is 0 Å². The molecule has 0 saturated carbocycles. The number of primary amides is 1. The molecule has 3 amide bonds. The van der Waals surface area contributed by atoms with Gasteiger partial charge in [-0.25, -0.2) is 9.18 Å². The second-order valence-corrected chi connectivity index (χ2v) is 8.51. The van der Waals surface area contributed by atoms with Crippen molar-refractivity contribution >= 4 is 39.4 Å². The van der Waals surface area contributed by atoms with Crippen molar-refractivity contribution in [1.82, 2.24) is 9.78 Å². The van der Waals surface area contributed by atoms with Gasteiger partial charge in [-0.2, -0.15) is 5.10 Å². The third-order valence-electron chi connectivity index (χ3n) is 4.93. The van der Waals surface area contributed by atoms with E-state index in [1.807, 2.05) is 24.3 Å². The predicted octanol–water partition coefficient (Wildman–Crippen LogP) is 5.15. The number of amides is 3. The second-order valence-electron chi connectivity index (χ2n) is 7.60. The Hall–Kier alpha value is -4.18. The summed E-state index contributed by atoms with van der Waals surface area (Å²) < 4.78 is 21.4. The number of benzene rings is 3. The number of halogens is 2. The number of carbonyl (C=O) groups excluding carboxylic acids is 2. The highest BCUT2D eigenvalue weighted by molar-refractivity contribution is 9.10. The number of nitrogens with zero attached hydrogens (tertiary/aromatic N) is 2. The van der Waals surface area contributed by atoms with Gasteiger partial charge in [-0.3, -0.25) is 14.8 Å². The summed E-state index contributed by atoms with van der Waals surface area (Å²) in [5.74, 6) is -0.355. The van der Waals surface area contributed by atoms with Crippen LogP contribution in [0, 0.1) is 5.82 Å². The lowest BCUT2D eigenvalue weighted by molar-refractivity contribution is 0.0996. The molecule has 0 spiro atoms. The molecule has 0 bridgehead atoms. The summed E-state index contributed by atoms with van der Waals surface area (Å²) in [5, 5.41) is 9.56. The van der Waals surface area contributed by atoms with E-state index in [4.69, 9.17) is 10.5 Å². The second kappa shape index (κ2) is 10.8. The topological polar surface area (TPSA) is 111 Å². The minimum atomic E-state index is -0.683. The zero-order chi connectivity index (χ0) is 24.8. The molecule has 0 unspecified atom stereocenters. The van der Waals surface area contributed by atoms with Gasteiger partial charge in [-0.1, -0.05) is 40.2 Å². The van der Waals surface area contributed by atoms with Crippen LogP contribution in [-0.2, 0) is 13.2 Å². The van der Waals surface area contributed by atoms with Crippen LogP contribution in [0.1, 0.15) is 21.5 Å². The van der Waals surface area contributed by atoms with Crippen LogP contribution in [-0.4, -0.2) is 21.7 Å². The first-order valence-electron chi connectivity index (χ1n) is 10.5. The molecule has 0 aliphatic heterocycles. The van der Waals surface area contributed by atoms with E-state index in [-0.39, 0.29) is 18.0 Å². The first-order chi connectivity index (χ1) is 16.9. The highest BCUT2D eigenvalue weighted by atomic mass is 79.9. The Morgan fingerprint density at radius 1 is 1.00 bits per heavy atom. The maximum absolute atomic E-state index is 13.1. The van der Waals surface area contributed by atoms with E-state index in [0.717, 1.165) is 15.6 Å². The van der Waals surface area contributed by atoms with Crippen molar-refractivity contribution in [3.8, 4) is 5.75 Å². The maximum atomic E-state index is 13.1. The molecule has 35 heavy (non-hydrogen) atoms. The molecule has 4 rings (SSSR count). The Bertz CT molecular complexity index is 1360. The van der Waals surface area contributed by atoms with Crippen LogP contribution < -0.4 is 21.1 Å². The van der Waals surface area contributed by atoms with E-state index in [1.165, 1.54) is 18.2 Å². The summed E-state index contributed by atoms with van der Waals surface area (Å²) in [6, 6.07) is 19.4. The summed E-state index contributed by atoms with van der Waals surface area (Å²) in [6.07, 6.45) is 1.70. The van der Waals surface area contributed by atoms with Crippen molar-refractivity contribution < 1.29 is 18.7 Å². The molecule has 8 nitrogen and oxygen atoms in total. The van der Waals surface area contributed by atoms with Gasteiger partial charge in [0, 0.05) is 22.4 Å². The minimum Gasteiger partial charge on any atom is -0.488 e. The van der Waals surface area contributed by atoms with Crippen molar-refractivity contribution in [2.45, 2.75) is 13.2 Å². The maximum Gasteiger partial charge on any atom is 0.324 e. The standard InChI is InChI=1S/C25H21BrFN5O3/c26-18-3-1-2-17(12-18)15-35-22-9-8-20(13-21(22)24(28)33)29-25(34)30-23-10-11-32(31-23)14-16-4-6-19(27)7-5-16/h1-13H,14-15H2,(H2,28,33)(H2,29,30,31,34). The molecule has 0 saturated heterocycles. The number of nitrogens with two attached hydrogens (primary N) is 1. The van der Waals surface area contributed by atoms with E-state index < -0.39 is 11.9 Å². The van der Waals surface area contributed by atoms with E-state index >= 15 is 0 Å². The smallest absolute Gasteiger partial charge is 0.324 e. The Morgan fingerprint density at radius 2 is 1.80 bits per heavy atom. The number of anilines is 2. The van der Waals surface area contributed by atoms with E-state index in [2.05, 4.69) is 31.7 Å². The molecule has 0 radical (unpaired) electrons. The average molecular weight is 538 g/mol. The Kier molecular flexibility index (Phi) is 7.41. The zero-order valence-corrected chi connectivity index (χ0v) is 20.0. The molecule has 0 atom stereocenters. The van der Waals surface area contributed by atoms with Gasteiger partial charge in [-0.05, 0) is 53.6 Å². The number of hydrogen-bond acceptors (Lipinski definition) is 4. The molecular weight excluding hydrogens is 517 g/mol. The normalized spacial score (nSPS) is 10.6. The van der Waals surface area contributed by atoms with Gasteiger partial charge in [0.1, 0.15) is 18.2 Å². The Morgan fingerprint density at radius 3 is 2.54 bits per heavy atom. The van der Waals surface area contributed by atoms with Crippen LogP contribution in [0.5, 0.6) is 5.75 Å². The molecule has 4 aromatic rings. The van der Waals surface area contributed by atoms with Crippen molar-refractivity contribution in [3.05, 3.63) is 106 Å². The third-order valence-corrected chi connectivity index (χ3v) is 5.42. The predicted molar refractivity (Wildman–Crippen MR) is 134 cm³/mol. The molecular formula is C25H21BrFN5O3. The minimum absolute atomic E-state index is 0.140. The van der Waals surface area contributed by atoms with Crippen molar-refractivity contribution in [2.75, 3.05) is 10.6 Å². The molecule has 178 valence electrons. The van der Waals surface area contributed by atoms with E-state index in [9.17, 15) is 14.0 Å². The molecule has 10 heteroatoms. The number of aromatic nitrogens is 2. The molecule has 3 aromatic carbocycles. The fraction of sp³-hybridized carbons (Fsp3) is 0.0800. The number of nitrogens with one attached hydrogen (secondary N) is 2. The van der Waals surface area contributed by atoms with Gasteiger partial charge in [-0.15, -0.1) is 0 Å². The number of rotatable bonds is 8. The number of carbonyl (C=O) groups is 2. The lowest BCUT2D eigenvalue weighted by Crippen LogP contribution is -2.21.